The van der Waals surface area contributed by atoms with Gasteiger partial charge in [-0.05, 0) is 40.6 Å². The number of hydrogen-bond acceptors (Lipinski definition) is 2. The Morgan fingerprint density at radius 3 is 2.71 bits per heavy atom. The first-order valence-electron chi connectivity index (χ1n) is 4.19. The number of benzene rings is 1. The van der Waals surface area contributed by atoms with E-state index >= 15 is 0 Å². The monoisotopic (exact) mass is 306 g/mol. The van der Waals surface area contributed by atoms with Gasteiger partial charge in [-0.3, -0.25) is 4.79 Å². The van der Waals surface area contributed by atoms with Gasteiger partial charge in [-0.2, -0.15) is 0 Å². The Labute approximate surface area is 95.9 Å². The molecule has 0 aromatic heterocycles. The van der Waals surface area contributed by atoms with Gasteiger partial charge in [0.15, 0.2) is 0 Å². The topological polar surface area (TPSA) is 57.5 Å². The summed E-state index contributed by atoms with van der Waals surface area (Å²) in [6, 6.07) is 5.34. The Morgan fingerprint density at radius 1 is 1.57 bits per heavy atom. The Kier molecular flexibility index (Phi) is 3.88. The second-order valence-electron chi connectivity index (χ2n) is 3.04. The fourth-order valence-corrected chi connectivity index (χ4v) is 2.19. The first-order valence-corrected chi connectivity index (χ1v) is 5.26. The van der Waals surface area contributed by atoms with Crippen molar-refractivity contribution in [1.82, 2.24) is 0 Å². The first kappa shape index (κ1) is 11.5. The Morgan fingerprint density at radius 2 is 2.21 bits per heavy atom. The van der Waals surface area contributed by atoms with Gasteiger partial charge in [0.25, 0.3) is 0 Å². The summed E-state index contributed by atoms with van der Waals surface area (Å²) in [6.07, 6.45) is 0. The van der Waals surface area contributed by atoms with Gasteiger partial charge in [0.1, 0.15) is 0 Å². The number of carboxylic acids is 1. The van der Waals surface area contributed by atoms with Crippen LogP contribution in [0.2, 0.25) is 0 Å². The van der Waals surface area contributed by atoms with Crippen molar-refractivity contribution in [3.63, 3.8) is 0 Å². The van der Waals surface area contributed by atoms with Crippen LogP contribution in [0.3, 0.4) is 0 Å². The van der Waals surface area contributed by atoms with Crippen molar-refractivity contribution >= 4 is 28.6 Å². The number of aliphatic carboxylic acids is 1. The molecule has 1 aromatic rings. The van der Waals surface area contributed by atoms with Crippen molar-refractivity contribution in [2.24, 2.45) is 0 Å². The molecule has 76 valence electrons. The number of aliphatic hydroxyl groups excluding tert-OH is 1. The smallest absolute Gasteiger partial charge is 0.310 e. The molecule has 0 fully saturated rings. The predicted molar refractivity (Wildman–Crippen MR) is 61.1 cm³/mol. The lowest BCUT2D eigenvalue weighted by Crippen LogP contribution is -2.10. The maximum atomic E-state index is 10.8. The van der Waals surface area contributed by atoms with Gasteiger partial charge < -0.3 is 10.2 Å². The van der Waals surface area contributed by atoms with E-state index in [1.807, 2.05) is 0 Å². The van der Waals surface area contributed by atoms with Crippen LogP contribution in [0, 0.1) is 3.57 Å². The number of rotatable bonds is 3. The van der Waals surface area contributed by atoms with Crippen molar-refractivity contribution in [3.8, 4) is 0 Å². The van der Waals surface area contributed by atoms with Gasteiger partial charge in [0.05, 0.1) is 12.5 Å². The molecule has 1 atom stereocenters. The predicted octanol–water partition coefficient (Wildman–Crippen LogP) is 1.97. The highest BCUT2D eigenvalue weighted by molar-refractivity contribution is 14.1. The van der Waals surface area contributed by atoms with Crippen molar-refractivity contribution in [2.75, 3.05) is 0 Å². The zero-order valence-electron chi connectivity index (χ0n) is 7.70. The van der Waals surface area contributed by atoms with Crippen LogP contribution >= 0.6 is 22.6 Å². The molecule has 0 amide bonds. The Bertz CT molecular complexity index is 349. The molecule has 1 aromatic carbocycles. The normalized spacial score (nSPS) is 12.5. The van der Waals surface area contributed by atoms with Gasteiger partial charge in [-0.15, -0.1) is 0 Å². The minimum absolute atomic E-state index is 0.0571. The standard InChI is InChI=1S/C10H11IO3/c1-6(10(13)14)8-4-2-3-7(5-12)9(8)11/h2-4,6,12H,5H2,1H3,(H,13,14). The molecule has 0 heterocycles. The van der Waals surface area contributed by atoms with Crippen LogP contribution in [-0.4, -0.2) is 16.2 Å². The SMILES string of the molecule is CC(C(=O)O)c1cccc(CO)c1I. The average Bonchev–Trinajstić information content (AvgIpc) is 2.17. The fourth-order valence-electron chi connectivity index (χ4n) is 1.19. The van der Waals surface area contributed by atoms with E-state index in [9.17, 15) is 4.79 Å². The van der Waals surface area contributed by atoms with Crippen LogP contribution in [-0.2, 0) is 11.4 Å². The van der Waals surface area contributed by atoms with Crippen molar-refractivity contribution in [3.05, 3.63) is 32.9 Å². The largest absolute Gasteiger partial charge is 0.481 e. The van der Waals surface area contributed by atoms with Crippen molar-refractivity contribution < 1.29 is 15.0 Å². The molecule has 1 rings (SSSR count). The van der Waals surface area contributed by atoms with Crippen LogP contribution < -0.4 is 0 Å². The second kappa shape index (κ2) is 4.75. The van der Waals surface area contributed by atoms with Crippen LogP contribution in [0.15, 0.2) is 18.2 Å². The third-order valence-electron chi connectivity index (χ3n) is 2.12. The van der Waals surface area contributed by atoms with E-state index in [1.165, 1.54) is 0 Å². The highest BCUT2D eigenvalue weighted by Crippen LogP contribution is 2.24. The zero-order chi connectivity index (χ0) is 10.7. The third kappa shape index (κ3) is 2.24. The Balaban J connectivity index is 3.15. The molecule has 0 radical (unpaired) electrons. The summed E-state index contributed by atoms with van der Waals surface area (Å²) in [5, 5.41) is 17.9. The van der Waals surface area contributed by atoms with Crippen LogP contribution in [0.25, 0.3) is 0 Å². The second-order valence-corrected chi connectivity index (χ2v) is 4.12. The van der Waals surface area contributed by atoms with E-state index in [-0.39, 0.29) is 6.61 Å². The summed E-state index contributed by atoms with van der Waals surface area (Å²) in [6.45, 7) is 1.58. The van der Waals surface area contributed by atoms with E-state index in [0.717, 1.165) is 14.7 Å². The Hall–Kier alpha value is -0.620. The molecule has 0 aliphatic heterocycles. The zero-order valence-corrected chi connectivity index (χ0v) is 9.85. The maximum Gasteiger partial charge on any atom is 0.310 e. The quantitative estimate of drug-likeness (QED) is 0.840. The molecule has 0 aliphatic rings. The first-order chi connectivity index (χ1) is 6.57. The molecule has 0 bridgehead atoms. The van der Waals surface area contributed by atoms with Gasteiger partial charge in [0.2, 0.25) is 0 Å². The van der Waals surface area contributed by atoms with Gasteiger partial charge >= 0.3 is 5.97 Å². The maximum absolute atomic E-state index is 10.8. The van der Waals surface area contributed by atoms with Crippen LogP contribution in [0.4, 0.5) is 0 Å². The van der Waals surface area contributed by atoms with E-state index in [4.69, 9.17) is 10.2 Å². The van der Waals surface area contributed by atoms with Crippen LogP contribution in [0.5, 0.6) is 0 Å². The number of carboxylic acid groups (broad SMARTS) is 1. The molecule has 0 aliphatic carbocycles. The minimum atomic E-state index is -0.849. The molecule has 3 nitrogen and oxygen atoms in total. The average molecular weight is 306 g/mol. The summed E-state index contributed by atoms with van der Waals surface area (Å²) >= 11 is 2.07. The van der Waals surface area contributed by atoms with E-state index in [1.54, 1.807) is 25.1 Å². The molecule has 0 spiro atoms. The minimum Gasteiger partial charge on any atom is -0.481 e. The summed E-state index contributed by atoms with van der Waals surface area (Å²) in [4.78, 5) is 10.8. The number of carbonyl (C=O) groups is 1. The molecule has 4 heteroatoms. The third-order valence-corrected chi connectivity index (χ3v) is 3.43. The molecule has 1 unspecified atom stereocenters. The van der Waals surface area contributed by atoms with E-state index < -0.39 is 11.9 Å². The van der Waals surface area contributed by atoms with Crippen molar-refractivity contribution in [2.45, 2.75) is 19.4 Å². The number of halogens is 1. The lowest BCUT2D eigenvalue weighted by molar-refractivity contribution is -0.138. The van der Waals surface area contributed by atoms with Gasteiger partial charge in [0, 0.05) is 3.57 Å². The summed E-state index contributed by atoms with van der Waals surface area (Å²) in [5.74, 6) is -1.38. The number of aliphatic hydroxyl groups is 1. The molecular formula is C10H11IO3. The molecule has 0 saturated heterocycles. The summed E-state index contributed by atoms with van der Waals surface area (Å²) in [5.41, 5.74) is 1.53. The lowest BCUT2D eigenvalue weighted by Gasteiger charge is -2.11. The fraction of sp³-hybridized carbons (Fsp3) is 0.300. The molecule has 0 saturated carbocycles. The van der Waals surface area contributed by atoms with Crippen molar-refractivity contribution in [1.29, 1.82) is 0 Å². The van der Waals surface area contributed by atoms with Gasteiger partial charge in [-0.1, -0.05) is 18.2 Å². The van der Waals surface area contributed by atoms with E-state index in [0.29, 0.717) is 0 Å². The highest BCUT2D eigenvalue weighted by atomic mass is 127. The molecule has 14 heavy (non-hydrogen) atoms. The number of hydrogen-bond donors (Lipinski definition) is 2. The van der Waals surface area contributed by atoms with E-state index in [2.05, 4.69) is 22.6 Å². The summed E-state index contributed by atoms with van der Waals surface area (Å²) < 4.78 is 0.836. The molecular weight excluding hydrogens is 295 g/mol. The molecule has 2 N–H and O–H groups in total. The highest BCUT2D eigenvalue weighted by Gasteiger charge is 2.17. The lowest BCUT2D eigenvalue weighted by atomic mass is 9.99. The van der Waals surface area contributed by atoms with Gasteiger partial charge in [-0.25, -0.2) is 0 Å². The van der Waals surface area contributed by atoms with Crippen LogP contribution in [0.1, 0.15) is 24.0 Å². The summed E-state index contributed by atoms with van der Waals surface area (Å²) in [7, 11) is 0.